The van der Waals surface area contributed by atoms with Crippen molar-refractivity contribution in [3.63, 3.8) is 0 Å². The first-order valence-corrected chi connectivity index (χ1v) is 10.2. The highest BCUT2D eigenvalue weighted by atomic mass is 35.5. The maximum absolute atomic E-state index is 9.77. The number of rotatable bonds is 6. The number of nitrogens with one attached hydrogen (secondary N) is 1. The van der Waals surface area contributed by atoms with E-state index in [9.17, 15) is 5.26 Å². The molecule has 0 aliphatic carbocycles. The van der Waals surface area contributed by atoms with Crippen LogP contribution in [-0.2, 0) is 6.61 Å². The molecule has 154 valence electrons. The molecule has 3 aromatic carbocycles. The molecule has 7 heteroatoms. The first kappa shape index (κ1) is 20.8. The highest BCUT2D eigenvalue weighted by molar-refractivity contribution is 6.35. The zero-order valence-electron chi connectivity index (χ0n) is 16.5. The fourth-order valence-electron chi connectivity index (χ4n) is 3.14. The number of hydrogen-bond acceptors (Lipinski definition) is 4. The van der Waals surface area contributed by atoms with Gasteiger partial charge in [0.25, 0.3) is 0 Å². The van der Waals surface area contributed by atoms with Crippen LogP contribution >= 0.6 is 23.2 Å². The summed E-state index contributed by atoms with van der Waals surface area (Å²) in [6, 6.07) is 20.5. The van der Waals surface area contributed by atoms with Gasteiger partial charge in [-0.2, -0.15) is 5.26 Å². The summed E-state index contributed by atoms with van der Waals surface area (Å²) in [7, 11) is 1.56. The average Bonchev–Trinajstić information content (AvgIpc) is 3.21. The van der Waals surface area contributed by atoms with Gasteiger partial charge in [-0.05, 0) is 36.4 Å². The number of nitriles is 1. The summed E-state index contributed by atoms with van der Waals surface area (Å²) in [5.74, 6) is 1.53. The van der Waals surface area contributed by atoms with Crippen LogP contribution in [0.4, 0.5) is 0 Å². The minimum Gasteiger partial charge on any atom is -0.493 e. The van der Waals surface area contributed by atoms with Crippen LogP contribution in [0.15, 0.2) is 60.7 Å². The van der Waals surface area contributed by atoms with Gasteiger partial charge in [0.1, 0.15) is 18.5 Å². The van der Waals surface area contributed by atoms with Crippen molar-refractivity contribution in [3.8, 4) is 17.6 Å². The maximum atomic E-state index is 9.77. The van der Waals surface area contributed by atoms with Crippen molar-refractivity contribution >= 4 is 45.9 Å². The highest BCUT2D eigenvalue weighted by Crippen LogP contribution is 2.35. The number of ether oxygens (including phenoxy) is 2. The van der Waals surface area contributed by atoms with E-state index in [-0.39, 0.29) is 6.61 Å². The van der Waals surface area contributed by atoms with E-state index in [0.29, 0.717) is 38.5 Å². The third-order valence-corrected chi connectivity index (χ3v) is 5.27. The summed E-state index contributed by atoms with van der Waals surface area (Å²) >= 11 is 12.2. The fraction of sp³-hybridized carbons (Fsp3) is 0.0833. The van der Waals surface area contributed by atoms with Crippen molar-refractivity contribution in [2.45, 2.75) is 6.61 Å². The molecule has 4 aromatic rings. The van der Waals surface area contributed by atoms with Gasteiger partial charge < -0.3 is 14.5 Å². The van der Waals surface area contributed by atoms with Crippen LogP contribution in [0.5, 0.6) is 11.5 Å². The van der Waals surface area contributed by atoms with Crippen LogP contribution in [0, 0.1) is 11.3 Å². The number of benzene rings is 3. The lowest BCUT2D eigenvalue weighted by molar-refractivity contribution is 0.284. The normalized spacial score (nSPS) is 11.4. The van der Waals surface area contributed by atoms with E-state index in [2.05, 4.69) is 16.0 Å². The van der Waals surface area contributed by atoms with E-state index in [4.69, 9.17) is 32.7 Å². The van der Waals surface area contributed by atoms with E-state index in [0.717, 1.165) is 16.6 Å². The number of aromatic nitrogens is 2. The van der Waals surface area contributed by atoms with E-state index in [1.807, 2.05) is 42.5 Å². The summed E-state index contributed by atoms with van der Waals surface area (Å²) in [4.78, 5) is 7.70. The smallest absolute Gasteiger partial charge is 0.168 e. The summed E-state index contributed by atoms with van der Waals surface area (Å²) in [6.45, 7) is 0.212. The molecule has 1 heterocycles. The number of hydrogen-bond donors (Lipinski definition) is 1. The third kappa shape index (κ3) is 4.51. The molecule has 0 spiro atoms. The van der Waals surface area contributed by atoms with Crippen molar-refractivity contribution in [1.29, 1.82) is 5.26 Å². The minimum atomic E-state index is 0.212. The van der Waals surface area contributed by atoms with E-state index >= 15 is 0 Å². The molecule has 4 rings (SSSR count). The molecule has 0 amide bonds. The molecule has 0 aliphatic rings. The van der Waals surface area contributed by atoms with Gasteiger partial charge in [0.15, 0.2) is 11.5 Å². The van der Waals surface area contributed by atoms with E-state index in [1.165, 1.54) is 0 Å². The van der Waals surface area contributed by atoms with Crippen LogP contribution in [0.3, 0.4) is 0 Å². The van der Waals surface area contributed by atoms with Crippen LogP contribution in [-0.4, -0.2) is 17.1 Å². The Hall–Kier alpha value is -3.46. The molecule has 1 N–H and O–H groups in total. The van der Waals surface area contributed by atoms with Crippen LogP contribution in [0.25, 0.3) is 22.7 Å². The Balaban J connectivity index is 1.71. The molecule has 0 atom stereocenters. The Bertz CT molecular complexity index is 1290. The Morgan fingerprint density at radius 2 is 1.97 bits per heavy atom. The van der Waals surface area contributed by atoms with Gasteiger partial charge >= 0.3 is 0 Å². The van der Waals surface area contributed by atoms with Crippen molar-refractivity contribution in [3.05, 3.63) is 87.7 Å². The molecule has 0 fully saturated rings. The monoisotopic (exact) mass is 449 g/mol. The van der Waals surface area contributed by atoms with Gasteiger partial charge in [-0.15, -0.1) is 0 Å². The number of para-hydroxylation sites is 3. The SMILES string of the molecule is COc1cccc(C=C(C#N)c2nc3ccccc3[nH]2)c1OCc1ccc(Cl)cc1Cl. The number of imidazole rings is 1. The zero-order chi connectivity index (χ0) is 21.8. The summed E-state index contributed by atoms with van der Waals surface area (Å²) in [5.41, 5.74) is 3.49. The van der Waals surface area contributed by atoms with Crippen LogP contribution in [0.2, 0.25) is 10.0 Å². The second kappa shape index (κ2) is 9.13. The quantitative estimate of drug-likeness (QED) is 0.340. The average molecular weight is 450 g/mol. The molecular weight excluding hydrogens is 433 g/mol. The topological polar surface area (TPSA) is 70.9 Å². The molecule has 0 aliphatic heterocycles. The number of fused-ring (bicyclic) bond motifs is 1. The molecule has 1 aromatic heterocycles. The largest absolute Gasteiger partial charge is 0.493 e. The molecule has 0 unspecified atom stereocenters. The molecule has 5 nitrogen and oxygen atoms in total. The Morgan fingerprint density at radius 3 is 2.71 bits per heavy atom. The number of aromatic amines is 1. The lowest BCUT2D eigenvalue weighted by Gasteiger charge is -2.14. The van der Waals surface area contributed by atoms with Crippen molar-refractivity contribution in [2.24, 2.45) is 0 Å². The van der Waals surface area contributed by atoms with Gasteiger partial charge in [-0.3, -0.25) is 0 Å². The van der Waals surface area contributed by atoms with Crippen molar-refractivity contribution < 1.29 is 9.47 Å². The molecule has 0 saturated heterocycles. The summed E-state index contributed by atoms with van der Waals surface area (Å²) < 4.78 is 11.5. The maximum Gasteiger partial charge on any atom is 0.168 e. The van der Waals surface area contributed by atoms with Crippen molar-refractivity contribution in [2.75, 3.05) is 7.11 Å². The number of methoxy groups -OCH3 is 1. The lowest BCUT2D eigenvalue weighted by Crippen LogP contribution is -2.00. The Morgan fingerprint density at radius 1 is 1.13 bits per heavy atom. The second-order valence-corrected chi connectivity index (χ2v) is 7.52. The van der Waals surface area contributed by atoms with Crippen molar-refractivity contribution in [1.82, 2.24) is 9.97 Å². The number of allylic oxidation sites excluding steroid dienone is 1. The predicted molar refractivity (Wildman–Crippen MR) is 123 cm³/mol. The third-order valence-electron chi connectivity index (χ3n) is 4.68. The highest BCUT2D eigenvalue weighted by Gasteiger charge is 2.14. The Labute approximate surface area is 189 Å². The van der Waals surface area contributed by atoms with E-state index in [1.54, 1.807) is 31.4 Å². The lowest BCUT2D eigenvalue weighted by atomic mass is 10.1. The zero-order valence-corrected chi connectivity index (χ0v) is 18.0. The molecule has 0 radical (unpaired) electrons. The number of nitrogens with zero attached hydrogens (tertiary/aromatic N) is 2. The van der Waals surface area contributed by atoms with Gasteiger partial charge in [0, 0.05) is 21.2 Å². The summed E-state index contributed by atoms with van der Waals surface area (Å²) in [5, 5.41) is 10.8. The molecular formula is C24H17Cl2N3O2. The van der Waals surface area contributed by atoms with Gasteiger partial charge in [0.2, 0.25) is 0 Å². The standard InChI is InChI=1S/C24H17Cl2N3O2/c1-30-22-8-4-5-15(23(22)31-14-16-9-10-18(25)12-19(16)26)11-17(13-27)24-28-20-6-2-3-7-21(20)29-24/h2-12H,14H2,1H3,(H,28,29). The number of halogens is 2. The van der Waals surface area contributed by atoms with Gasteiger partial charge in [-0.25, -0.2) is 4.98 Å². The van der Waals surface area contributed by atoms with Crippen LogP contribution in [0.1, 0.15) is 17.0 Å². The molecule has 0 saturated carbocycles. The van der Waals surface area contributed by atoms with E-state index < -0.39 is 0 Å². The fourth-order valence-corrected chi connectivity index (χ4v) is 3.60. The second-order valence-electron chi connectivity index (χ2n) is 6.68. The molecule has 0 bridgehead atoms. The Kier molecular flexibility index (Phi) is 6.13. The first-order chi connectivity index (χ1) is 15.1. The summed E-state index contributed by atoms with van der Waals surface area (Å²) in [6.07, 6.45) is 1.72. The van der Waals surface area contributed by atoms with Crippen LogP contribution < -0.4 is 9.47 Å². The van der Waals surface area contributed by atoms with Gasteiger partial charge in [-0.1, -0.05) is 53.5 Å². The first-order valence-electron chi connectivity index (χ1n) is 9.39. The number of H-pyrrole nitrogens is 1. The minimum absolute atomic E-state index is 0.212. The molecule has 31 heavy (non-hydrogen) atoms. The predicted octanol–water partition coefficient (Wildman–Crippen LogP) is 6.52. The van der Waals surface area contributed by atoms with Gasteiger partial charge in [0.05, 0.1) is 23.7 Å².